The minimum Gasteiger partial charge on any atom is -0.463 e. The summed E-state index contributed by atoms with van der Waals surface area (Å²) in [6, 6.07) is 6.28. The fraction of sp³-hybridized carbons (Fsp3) is 0.294. The van der Waals surface area contributed by atoms with Crippen molar-refractivity contribution in [2.75, 3.05) is 6.61 Å². The average molecular weight is 331 g/mol. The summed E-state index contributed by atoms with van der Waals surface area (Å²) in [4.78, 5) is 51.5. The molecule has 0 atom stereocenters. The standard InChI is InChI=1S/C17H17NO6/c1-2-14(19)23-11-7-3-4-10-15(20)24-18-16(21)12-8-5-6-9-13(12)17(18)22/h2,5-6,8-9H,1,3-4,7,10-11H2. The van der Waals surface area contributed by atoms with Crippen LogP contribution in [0.25, 0.3) is 0 Å². The van der Waals surface area contributed by atoms with Crippen molar-refractivity contribution >= 4 is 23.8 Å². The lowest BCUT2D eigenvalue weighted by molar-refractivity contribution is -0.168. The maximum absolute atomic E-state index is 12.0. The van der Waals surface area contributed by atoms with Crippen LogP contribution in [0.4, 0.5) is 0 Å². The Balaban J connectivity index is 1.72. The number of hydrogen-bond acceptors (Lipinski definition) is 6. The van der Waals surface area contributed by atoms with Gasteiger partial charge in [-0.1, -0.05) is 23.8 Å². The quantitative estimate of drug-likeness (QED) is 0.313. The van der Waals surface area contributed by atoms with E-state index in [1.807, 2.05) is 0 Å². The normalized spacial score (nSPS) is 12.8. The zero-order valence-electron chi connectivity index (χ0n) is 13.0. The minimum absolute atomic E-state index is 0.0583. The van der Waals surface area contributed by atoms with E-state index in [1.54, 1.807) is 12.1 Å². The number of nitrogens with zero attached hydrogens (tertiary/aromatic N) is 1. The lowest BCUT2D eigenvalue weighted by Crippen LogP contribution is -2.32. The Kier molecular flexibility index (Phi) is 5.83. The van der Waals surface area contributed by atoms with Gasteiger partial charge in [-0.25, -0.2) is 9.59 Å². The summed E-state index contributed by atoms with van der Waals surface area (Å²) in [5.41, 5.74) is 0.443. The van der Waals surface area contributed by atoms with Crippen LogP contribution in [-0.4, -0.2) is 35.4 Å². The fourth-order valence-corrected chi connectivity index (χ4v) is 2.18. The van der Waals surface area contributed by atoms with E-state index >= 15 is 0 Å². The van der Waals surface area contributed by atoms with Gasteiger partial charge < -0.3 is 9.57 Å². The van der Waals surface area contributed by atoms with Crippen LogP contribution in [-0.2, 0) is 19.2 Å². The van der Waals surface area contributed by atoms with Crippen molar-refractivity contribution in [1.29, 1.82) is 0 Å². The van der Waals surface area contributed by atoms with E-state index in [4.69, 9.17) is 9.57 Å². The van der Waals surface area contributed by atoms with Crippen LogP contribution in [0.2, 0.25) is 0 Å². The van der Waals surface area contributed by atoms with Gasteiger partial charge in [0.05, 0.1) is 17.7 Å². The predicted octanol–water partition coefficient (Wildman–Crippen LogP) is 2.03. The molecule has 0 N–H and O–H groups in total. The van der Waals surface area contributed by atoms with Crippen molar-refractivity contribution in [2.45, 2.75) is 25.7 Å². The Morgan fingerprint density at radius 2 is 1.67 bits per heavy atom. The van der Waals surface area contributed by atoms with Crippen molar-refractivity contribution in [2.24, 2.45) is 0 Å². The maximum Gasteiger partial charge on any atom is 0.333 e. The molecule has 0 aromatic heterocycles. The number of hydrogen-bond donors (Lipinski definition) is 0. The van der Waals surface area contributed by atoms with Crippen LogP contribution < -0.4 is 0 Å². The van der Waals surface area contributed by atoms with Gasteiger partial charge in [-0.15, -0.1) is 0 Å². The fourth-order valence-electron chi connectivity index (χ4n) is 2.18. The summed E-state index contributed by atoms with van der Waals surface area (Å²) < 4.78 is 4.80. The molecule has 0 unspecified atom stereocenters. The molecular formula is C17H17NO6. The number of carbonyl (C=O) groups excluding carboxylic acids is 4. The van der Waals surface area contributed by atoms with Gasteiger partial charge in [0.15, 0.2) is 0 Å². The molecule has 1 heterocycles. The average Bonchev–Trinajstić information content (AvgIpc) is 2.83. The predicted molar refractivity (Wildman–Crippen MR) is 82.7 cm³/mol. The van der Waals surface area contributed by atoms with Gasteiger partial charge in [-0.2, -0.15) is 0 Å². The lowest BCUT2D eigenvalue weighted by atomic mass is 10.1. The van der Waals surface area contributed by atoms with Gasteiger partial charge in [0.25, 0.3) is 11.8 Å². The van der Waals surface area contributed by atoms with Gasteiger partial charge in [0.2, 0.25) is 0 Å². The van der Waals surface area contributed by atoms with E-state index < -0.39 is 23.8 Å². The molecule has 1 aliphatic rings. The van der Waals surface area contributed by atoms with Crippen molar-refractivity contribution in [1.82, 2.24) is 5.06 Å². The molecule has 1 aliphatic heterocycles. The highest BCUT2D eigenvalue weighted by atomic mass is 16.7. The number of carbonyl (C=O) groups is 4. The first kappa shape index (κ1) is 17.4. The second-order valence-electron chi connectivity index (χ2n) is 5.10. The summed E-state index contributed by atoms with van der Waals surface area (Å²) in [5, 5.41) is 0.499. The SMILES string of the molecule is C=CC(=O)OCCCCCC(=O)ON1C(=O)c2ccccc2C1=O. The summed E-state index contributed by atoms with van der Waals surface area (Å²) >= 11 is 0. The van der Waals surface area contributed by atoms with Gasteiger partial charge >= 0.3 is 11.9 Å². The molecule has 0 aliphatic carbocycles. The summed E-state index contributed by atoms with van der Waals surface area (Å²) in [6.07, 6.45) is 2.87. The third-order valence-corrected chi connectivity index (χ3v) is 3.39. The Morgan fingerprint density at radius 1 is 1.04 bits per heavy atom. The molecule has 0 bridgehead atoms. The topological polar surface area (TPSA) is 90.0 Å². The zero-order chi connectivity index (χ0) is 17.5. The number of amides is 2. The molecule has 2 rings (SSSR count). The van der Waals surface area contributed by atoms with Crippen molar-refractivity contribution < 1.29 is 28.8 Å². The number of imide groups is 1. The first-order valence-electron chi connectivity index (χ1n) is 7.52. The maximum atomic E-state index is 12.0. The summed E-state index contributed by atoms with van der Waals surface area (Å²) in [5.74, 6) is -2.42. The van der Waals surface area contributed by atoms with Crippen molar-refractivity contribution in [3.05, 3.63) is 48.0 Å². The van der Waals surface area contributed by atoms with E-state index in [0.29, 0.717) is 24.3 Å². The molecule has 7 nitrogen and oxygen atoms in total. The van der Waals surface area contributed by atoms with Crippen molar-refractivity contribution in [3.63, 3.8) is 0 Å². The number of unbranched alkanes of at least 4 members (excludes halogenated alkanes) is 2. The third kappa shape index (κ3) is 4.07. The van der Waals surface area contributed by atoms with E-state index in [1.165, 1.54) is 12.1 Å². The van der Waals surface area contributed by atoms with Gasteiger partial charge in [0.1, 0.15) is 0 Å². The van der Waals surface area contributed by atoms with E-state index in [-0.39, 0.29) is 24.2 Å². The van der Waals surface area contributed by atoms with Crippen LogP contribution in [0.15, 0.2) is 36.9 Å². The molecule has 1 aromatic carbocycles. The van der Waals surface area contributed by atoms with Crippen LogP contribution >= 0.6 is 0 Å². The largest absolute Gasteiger partial charge is 0.463 e. The number of rotatable bonds is 8. The molecule has 2 amide bonds. The molecule has 0 radical (unpaired) electrons. The first-order chi connectivity index (χ1) is 11.5. The van der Waals surface area contributed by atoms with Crippen LogP contribution in [0.1, 0.15) is 46.4 Å². The second kappa shape index (κ2) is 8.05. The van der Waals surface area contributed by atoms with Crippen LogP contribution in [0.5, 0.6) is 0 Å². The van der Waals surface area contributed by atoms with E-state index in [9.17, 15) is 19.2 Å². The Hall–Kier alpha value is -2.96. The zero-order valence-corrected chi connectivity index (χ0v) is 13.0. The number of fused-ring (bicyclic) bond motifs is 1. The summed E-state index contributed by atoms with van der Waals surface area (Å²) in [6.45, 7) is 3.53. The van der Waals surface area contributed by atoms with Crippen molar-refractivity contribution in [3.8, 4) is 0 Å². The number of ether oxygens (including phenoxy) is 1. The molecular weight excluding hydrogens is 314 g/mol. The first-order valence-corrected chi connectivity index (χ1v) is 7.52. The second-order valence-corrected chi connectivity index (χ2v) is 5.10. The van der Waals surface area contributed by atoms with Crippen LogP contribution in [0, 0.1) is 0 Å². The van der Waals surface area contributed by atoms with Gasteiger partial charge in [-0.3, -0.25) is 9.59 Å². The minimum atomic E-state index is -0.660. The highest BCUT2D eigenvalue weighted by Gasteiger charge is 2.38. The molecule has 126 valence electrons. The molecule has 24 heavy (non-hydrogen) atoms. The van der Waals surface area contributed by atoms with Gasteiger partial charge in [-0.05, 0) is 31.4 Å². The Morgan fingerprint density at radius 3 is 2.25 bits per heavy atom. The number of benzene rings is 1. The van der Waals surface area contributed by atoms with E-state index in [2.05, 4.69) is 6.58 Å². The van der Waals surface area contributed by atoms with Crippen LogP contribution in [0.3, 0.4) is 0 Å². The number of esters is 1. The molecule has 0 saturated carbocycles. The molecule has 0 saturated heterocycles. The number of hydroxylamine groups is 2. The molecule has 0 fully saturated rings. The molecule has 1 aromatic rings. The monoisotopic (exact) mass is 331 g/mol. The highest BCUT2D eigenvalue weighted by Crippen LogP contribution is 2.22. The third-order valence-electron chi connectivity index (χ3n) is 3.39. The van der Waals surface area contributed by atoms with Gasteiger partial charge in [0, 0.05) is 12.5 Å². The summed E-state index contributed by atoms with van der Waals surface area (Å²) in [7, 11) is 0. The Labute approximate surface area is 138 Å². The van der Waals surface area contributed by atoms with E-state index in [0.717, 1.165) is 6.08 Å². The Bertz CT molecular complexity index is 646. The smallest absolute Gasteiger partial charge is 0.333 e. The lowest BCUT2D eigenvalue weighted by Gasteiger charge is -2.12. The highest BCUT2D eigenvalue weighted by molar-refractivity contribution is 6.20. The molecule has 0 spiro atoms. The molecule has 7 heteroatoms.